The van der Waals surface area contributed by atoms with Crippen molar-refractivity contribution in [3.05, 3.63) is 0 Å². The number of aliphatic hydroxyl groups excluding tert-OH is 1. The molecule has 2 saturated heterocycles. The van der Waals surface area contributed by atoms with Gasteiger partial charge in [-0.1, -0.05) is 0 Å². The van der Waals surface area contributed by atoms with Crippen LogP contribution in [0.15, 0.2) is 0 Å². The summed E-state index contributed by atoms with van der Waals surface area (Å²) in [6.07, 6.45) is 1.54. The molecule has 0 aliphatic carbocycles. The summed E-state index contributed by atoms with van der Waals surface area (Å²) in [6.45, 7) is 2.23. The second kappa shape index (κ2) is 3.72. The highest BCUT2D eigenvalue weighted by molar-refractivity contribution is 5.85. The zero-order chi connectivity index (χ0) is 6.97. The number of fused-ring (bicyclic) bond motifs is 1. The van der Waals surface area contributed by atoms with Crippen LogP contribution in [0.1, 0.15) is 6.42 Å². The van der Waals surface area contributed by atoms with E-state index in [0.29, 0.717) is 12.0 Å². The molecule has 11 heavy (non-hydrogen) atoms. The van der Waals surface area contributed by atoms with E-state index < -0.39 is 0 Å². The number of nitrogens with one attached hydrogen (secondary N) is 1. The maximum absolute atomic E-state index is 8.78. The van der Waals surface area contributed by atoms with Gasteiger partial charge in [0, 0.05) is 19.0 Å². The Kier molecular flexibility index (Phi) is 3.13. The molecule has 0 aromatic rings. The minimum atomic E-state index is 0. The van der Waals surface area contributed by atoms with Crippen LogP contribution >= 0.6 is 12.4 Å². The van der Waals surface area contributed by atoms with E-state index in [1.165, 1.54) is 0 Å². The Morgan fingerprint density at radius 2 is 2.27 bits per heavy atom. The van der Waals surface area contributed by atoms with Crippen LogP contribution in [0.3, 0.4) is 0 Å². The van der Waals surface area contributed by atoms with Gasteiger partial charge in [-0.3, -0.25) is 0 Å². The number of rotatable bonds is 1. The van der Waals surface area contributed by atoms with Gasteiger partial charge in [-0.2, -0.15) is 0 Å². The maximum Gasteiger partial charge on any atom is 0.0814 e. The number of aliphatic hydroxyl groups is 1. The van der Waals surface area contributed by atoms with Crippen LogP contribution in [0.2, 0.25) is 0 Å². The molecule has 0 bridgehead atoms. The van der Waals surface area contributed by atoms with Crippen molar-refractivity contribution in [3.8, 4) is 0 Å². The summed E-state index contributed by atoms with van der Waals surface area (Å²) in [7, 11) is 0. The molecule has 0 radical (unpaired) electrons. The monoisotopic (exact) mass is 179 g/mol. The minimum absolute atomic E-state index is 0. The molecular formula is C7H14ClNO2. The van der Waals surface area contributed by atoms with Crippen molar-refractivity contribution in [3.63, 3.8) is 0 Å². The van der Waals surface area contributed by atoms with E-state index in [4.69, 9.17) is 9.84 Å². The van der Waals surface area contributed by atoms with Crippen molar-refractivity contribution in [1.29, 1.82) is 0 Å². The molecule has 0 aromatic carbocycles. The lowest BCUT2D eigenvalue weighted by atomic mass is 10.0. The Morgan fingerprint density at radius 1 is 1.45 bits per heavy atom. The fourth-order valence-corrected chi connectivity index (χ4v) is 1.86. The molecule has 3 nitrogen and oxygen atoms in total. The number of hydrogen-bond donors (Lipinski definition) is 2. The molecule has 2 aliphatic heterocycles. The van der Waals surface area contributed by atoms with Gasteiger partial charge in [-0.05, 0) is 6.42 Å². The predicted molar refractivity (Wildman–Crippen MR) is 44.0 cm³/mol. The van der Waals surface area contributed by atoms with Gasteiger partial charge < -0.3 is 15.2 Å². The van der Waals surface area contributed by atoms with Gasteiger partial charge in [0.1, 0.15) is 0 Å². The van der Waals surface area contributed by atoms with Gasteiger partial charge in [0.15, 0.2) is 0 Å². The van der Waals surface area contributed by atoms with Gasteiger partial charge >= 0.3 is 0 Å². The van der Waals surface area contributed by atoms with E-state index in [1.54, 1.807) is 0 Å². The van der Waals surface area contributed by atoms with Gasteiger partial charge in [0.2, 0.25) is 0 Å². The molecule has 0 amide bonds. The number of hydrogen-bond acceptors (Lipinski definition) is 3. The topological polar surface area (TPSA) is 41.5 Å². The van der Waals surface area contributed by atoms with Crippen molar-refractivity contribution in [1.82, 2.24) is 5.32 Å². The maximum atomic E-state index is 8.78. The van der Waals surface area contributed by atoms with Crippen LogP contribution < -0.4 is 5.32 Å². The largest absolute Gasteiger partial charge is 0.394 e. The third kappa shape index (κ3) is 1.67. The molecular weight excluding hydrogens is 166 g/mol. The van der Waals surface area contributed by atoms with Crippen LogP contribution in [-0.4, -0.2) is 37.0 Å². The van der Waals surface area contributed by atoms with Crippen LogP contribution in [0.5, 0.6) is 0 Å². The number of halogens is 1. The van der Waals surface area contributed by atoms with Crippen LogP contribution in [0.25, 0.3) is 0 Å². The summed E-state index contributed by atoms with van der Waals surface area (Å²) in [5, 5.41) is 12.0. The van der Waals surface area contributed by atoms with E-state index in [9.17, 15) is 0 Å². The highest BCUT2D eigenvalue weighted by Crippen LogP contribution is 2.28. The van der Waals surface area contributed by atoms with Crippen molar-refractivity contribution in [2.24, 2.45) is 5.92 Å². The smallest absolute Gasteiger partial charge is 0.0814 e. The molecule has 66 valence electrons. The molecule has 2 fully saturated rings. The highest BCUT2D eigenvalue weighted by atomic mass is 35.5. The first-order valence-corrected chi connectivity index (χ1v) is 3.87. The van der Waals surface area contributed by atoms with Gasteiger partial charge in [0.25, 0.3) is 0 Å². The van der Waals surface area contributed by atoms with E-state index >= 15 is 0 Å². The molecule has 3 atom stereocenters. The Morgan fingerprint density at radius 3 is 2.91 bits per heavy atom. The lowest BCUT2D eigenvalue weighted by molar-refractivity contribution is 0.0145. The fourth-order valence-electron chi connectivity index (χ4n) is 1.86. The fraction of sp³-hybridized carbons (Fsp3) is 1.00. The quantitative estimate of drug-likeness (QED) is 0.585. The molecule has 0 spiro atoms. The second-order valence-corrected chi connectivity index (χ2v) is 3.13. The van der Waals surface area contributed by atoms with Crippen molar-refractivity contribution in [2.75, 3.05) is 19.7 Å². The normalized spacial score (nSPS) is 41.7. The van der Waals surface area contributed by atoms with Gasteiger partial charge in [-0.25, -0.2) is 0 Å². The molecule has 0 unspecified atom stereocenters. The lowest BCUT2D eigenvalue weighted by Gasteiger charge is -2.07. The molecule has 2 aliphatic rings. The third-order valence-electron chi connectivity index (χ3n) is 2.41. The first-order valence-electron chi connectivity index (χ1n) is 3.87. The lowest BCUT2D eigenvalue weighted by Crippen LogP contribution is -2.20. The average Bonchev–Trinajstić information content (AvgIpc) is 2.42. The average molecular weight is 180 g/mol. The summed E-state index contributed by atoms with van der Waals surface area (Å²) in [5.74, 6) is 0.664. The molecule has 2 rings (SSSR count). The van der Waals surface area contributed by atoms with E-state index in [-0.39, 0.29) is 25.1 Å². The van der Waals surface area contributed by atoms with Crippen LogP contribution in [0.4, 0.5) is 0 Å². The standard InChI is InChI=1S/C7H13NO2.ClH/c9-4-6-1-5-2-8-3-7(5)10-6;/h5-9H,1-4H2;1H/t5-,6+,7+;/m0./s1. The first-order chi connectivity index (χ1) is 4.90. The summed E-state index contributed by atoms with van der Waals surface area (Å²) in [4.78, 5) is 0. The molecule has 2 heterocycles. The summed E-state index contributed by atoms with van der Waals surface area (Å²) < 4.78 is 5.52. The summed E-state index contributed by atoms with van der Waals surface area (Å²) in [5.41, 5.74) is 0. The van der Waals surface area contributed by atoms with E-state index in [1.807, 2.05) is 0 Å². The molecule has 0 saturated carbocycles. The molecule has 2 N–H and O–H groups in total. The SMILES string of the molecule is Cl.OC[C@H]1C[C@H]2CNC[C@H]2O1. The van der Waals surface area contributed by atoms with Crippen LogP contribution in [0, 0.1) is 5.92 Å². The van der Waals surface area contributed by atoms with E-state index in [2.05, 4.69) is 5.32 Å². The Bertz CT molecular complexity index is 122. The van der Waals surface area contributed by atoms with Gasteiger partial charge in [0.05, 0.1) is 18.8 Å². The zero-order valence-corrected chi connectivity index (χ0v) is 7.14. The van der Waals surface area contributed by atoms with E-state index in [0.717, 1.165) is 19.5 Å². The number of ether oxygens (including phenoxy) is 1. The first kappa shape index (κ1) is 9.26. The van der Waals surface area contributed by atoms with Gasteiger partial charge in [-0.15, -0.1) is 12.4 Å². The zero-order valence-electron chi connectivity index (χ0n) is 6.32. The van der Waals surface area contributed by atoms with Crippen molar-refractivity contribution < 1.29 is 9.84 Å². The van der Waals surface area contributed by atoms with Crippen LogP contribution in [-0.2, 0) is 4.74 Å². The van der Waals surface area contributed by atoms with Crippen molar-refractivity contribution in [2.45, 2.75) is 18.6 Å². The summed E-state index contributed by atoms with van der Waals surface area (Å²) in [6, 6.07) is 0. The second-order valence-electron chi connectivity index (χ2n) is 3.13. The third-order valence-corrected chi connectivity index (χ3v) is 2.41. The Balaban J connectivity index is 0.000000605. The molecule has 0 aromatic heterocycles. The Labute approximate surface area is 72.5 Å². The van der Waals surface area contributed by atoms with Crippen molar-refractivity contribution >= 4 is 12.4 Å². The molecule has 4 heteroatoms. The highest BCUT2D eigenvalue weighted by Gasteiger charge is 2.37. The Hall–Kier alpha value is 0.170. The predicted octanol–water partition coefficient (Wildman–Crippen LogP) is -0.223. The summed E-state index contributed by atoms with van der Waals surface area (Å²) >= 11 is 0. The minimum Gasteiger partial charge on any atom is -0.394 e.